The number of hydrazone groups is 1. The molecule has 0 radical (unpaired) electrons. The van der Waals surface area contributed by atoms with Gasteiger partial charge in [0.2, 0.25) is 5.95 Å². The fraction of sp³-hybridized carbons (Fsp3) is 0.250. The number of fused-ring (bicyclic) bond motifs is 1. The van der Waals surface area contributed by atoms with Gasteiger partial charge in [0.25, 0.3) is 0 Å². The number of rotatable bonds is 3. The van der Waals surface area contributed by atoms with Gasteiger partial charge in [-0.05, 0) is 0 Å². The molecule has 0 saturated heterocycles. The third-order valence-corrected chi connectivity index (χ3v) is 2.91. The second kappa shape index (κ2) is 4.45. The maximum absolute atomic E-state index is 5.35. The van der Waals surface area contributed by atoms with Gasteiger partial charge in [-0.3, -0.25) is 0 Å². The zero-order valence-corrected chi connectivity index (χ0v) is 10.6. The Labute approximate surface area is 109 Å². The zero-order valence-electron chi connectivity index (χ0n) is 10.6. The van der Waals surface area contributed by atoms with Gasteiger partial charge in [0.05, 0.1) is 0 Å². The molecule has 0 amide bonds. The standard InChI is InChI=1S/C12H13N5O2/c1-18-12(19-2)8-13-15-11-14-10(16-17(11)12)9-6-4-3-5-7-9/h3-8H,1-2H3,(H,14,15,16). The molecule has 1 aromatic carbocycles. The molecule has 19 heavy (non-hydrogen) atoms. The van der Waals surface area contributed by atoms with E-state index in [1.807, 2.05) is 30.3 Å². The highest BCUT2D eigenvalue weighted by molar-refractivity contribution is 5.69. The van der Waals surface area contributed by atoms with E-state index in [-0.39, 0.29) is 0 Å². The maximum atomic E-state index is 5.35. The van der Waals surface area contributed by atoms with E-state index in [2.05, 4.69) is 20.6 Å². The highest BCUT2D eigenvalue weighted by Gasteiger charge is 2.37. The smallest absolute Gasteiger partial charge is 0.314 e. The highest BCUT2D eigenvalue weighted by Crippen LogP contribution is 2.26. The van der Waals surface area contributed by atoms with E-state index in [9.17, 15) is 0 Å². The van der Waals surface area contributed by atoms with Gasteiger partial charge in [-0.25, -0.2) is 5.43 Å². The van der Waals surface area contributed by atoms with Gasteiger partial charge < -0.3 is 9.47 Å². The lowest BCUT2D eigenvalue weighted by Gasteiger charge is -2.29. The molecule has 7 nitrogen and oxygen atoms in total. The van der Waals surface area contributed by atoms with Gasteiger partial charge in [-0.1, -0.05) is 30.3 Å². The Balaban J connectivity index is 2.09. The lowest BCUT2D eigenvalue weighted by Crippen LogP contribution is -2.43. The predicted octanol–water partition coefficient (Wildman–Crippen LogP) is 1.26. The van der Waals surface area contributed by atoms with Crippen molar-refractivity contribution in [3.05, 3.63) is 30.3 Å². The second-order valence-electron chi connectivity index (χ2n) is 3.95. The molecule has 1 N–H and O–H groups in total. The molecule has 7 heteroatoms. The summed E-state index contributed by atoms with van der Waals surface area (Å²) in [4.78, 5) is 4.38. The van der Waals surface area contributed by atoms with Crippen molar-refractivity contribution in [1.82, 2.24) is 14.8 Å². The van der Waals surface area contributed by atoms with Gasteiger partial charge in [0, 0.05) is 19.8 Å². The van der Waals surface area contributed by atoms with E-state index in [4.69, 9.17) is 9.47 Å². The number of methoxy groups -OCH3 is 2. The van der Waals surface area contributed by atoms with E-state index >= 15 is 0 Å². The number of nitrogens with one attached hydrogen (secondary N) is 1. The Morgan fingerprint density at radius 2 is 1.89 bits per heavy atom. The fourth-order valence-electron chi connectivity index (χ4n) is 1.90. The number of ether oxygens (including phenoxy) is 2. The summed E-state index contributed by atoms with van der Waals surface area (Å²) in [6.07, 6.45) is 1.49. The Kier molecular flexibility index (Phi) is 2.77. The third kappa shape index (κ3) is 1.79. The minimum atomic E-state index is -1.17. The number of aromatic nitrogens is 3. The Hall–Kier alpha value is -2.25. The number of anilines is 1. The van der Waals surface area contributed by atoms with Crippen LogP contribution in [0.15, 0.2) is 35.4 Å². The molecule has 1 aliphatic rings. The van der Waals surface area contributed by atoms with Crippen molar-refractivity contribution >= 4 is 12.2 Å². The van der Waals surface area contributed by atoms with Crippen LogP contribution in [0, 0.1) is 0 Å². The van der Waals surface area contributed by atoms with Crippen LogP contribution < -0.4 is 5.43 Å². The molecule has 2 aromatic rings. The number of hydrogen-bond donors (Lipinski definition) is 1. The molecule has 1 aromatic heterocycles. The molecule has 98 valence electrons. The monoisotopic (exact) mass is 259 g/mol. The van der Waals surface area contributed by atoms with Crippen LogP contribution in [0.2, 0.25) is 0 Å². The molecular formula is C12H13N5O2. The second-order valence-corrected chi connectivity index (χ2v) is 3.95. The number of benzene rings is 1. The van der Waals surface area contributed by atoms with E-state index in [0.29, 0.717) is 11.8 Å². The van der Waals surface area contributed by atoms with Crippen molar-refractivity contribution in [1.29, 1.82) is 0 Å². The lowest BCUT2D eigenvalue weighted by atomic mass is 10.2. The molecule has 2 heterocycles. The van der Waals surface area contributed by atoms with Gasteiger partial charge in [-0.15, -0.1) is 5.10 Å². The van der Waals surface area contributed by atoms with Crippen LogP contribution in [0.4, 0.5) is 5.95 Å². The van der Waals surface area contributed by atoms with Gasteiger partial charge in [0.1, 0.15) is 6.21 Å². The average molecular weight is 259 g/mol. The quantitative estimate of drug-likeness (QED) is 0.840. The Morgan fingerprint density at radius 3 is 2.58 bits per heavy atom. The topological polar surface area (TPSA) is 73.6 Å². The first-order valence-electron chi connectivity index (χ1n) is 5.72. The highest BCUT2D eigenvalue weighted by atomic mass is 16.7. The minimum Gasteiger partial charge on any atom is -0.330 e. The van der Waals surface area contributed by atoms with Crippen LogP contribution in [0.1, 0.15) is 0 Å². The fourth-order valence-corrected chi connectivity index (χ4v) is 1.90. The Bertz CT molecular complexity index is 604. The molecule has 1 aliphatic heterocycles. The molecule has 0 saturated carbocycles. The van der Waals surface area contributed by atoms with E-state index in [1.165, 1.54) is 25.1 Å². The van der Waals surface area contributed by atoms with Crippen LogP contribution in [0.5, 0.6) is 0 Å². The van der Waals surface area contributed by atoms with Crippen molar-refractivity contribution < 1.29 is 9.47 Å². The van der Waals surface area contributed by atoms with Crippen LogP contribution in [0.3, 0.4) is 0 Å². The molecule has 0 bridgehead atoms. The molecule has 0 atom stereocenters. The van der Waals surface area contributed by atoms with Crippen LogP contribution in [-0.4, -0.2) is 35.2 Å². The summed E-state index contributed by atoms with van der Waals surface area (Å²) in [5.41, 5.74) is 3.68. The average Bonchev–Trinajstić information content (AvgIpc) is 2.92. The Morgan fingerprint density at radius 1 is 1.16 bits per heavy atom. The molecule has 0 spiro atoms. The van der Waals surface area contributed by atoms with E-state index < -0.39 is 5.91 Å². The summed E-state index contributed by atoms with van der Waals surface area (Å²) >= 11 is 0. The SMILES string of the molecule is COC1(OC)C=NNc2nc(-c3ccccc3)nn21. The van der Waals surface area contributed by atoms with E-state index in [0.717, 1.165) is 5.56 Å². The molecular weight excluding hydrogens is 246 g/mol. The van der Waals surface area contributed by atoms with Crippen LogP contribution >= 0.6 is 0 Å². The predicted molar refractivity (Wildman–Crippen MR) is 69.6 cm³/mol. The maximum Gasteiger partial charge on any atom is 0.314 e. The van der Waals surface area contributed by atoms with Crippen molar-refractivity contribution in [2.45, 2.75) is 5.91 Å². The summed E-state index contributed by atoms with van der Waals surface area (Å²) in [7, 11) is 3.04. The van der Waals surface area contributed by atoms with Crippen molar-refractivity contribution in [2.75, 3.05) is 19.6 Å². The van der Waals surface area contributed by atoms with Gasteiger partial charge in [-0.2, -0.15) is 14.8 Å². The van der Waals surface area contributed by atoms with E-state index in [1.54, 1.807) is 0 Å². The summed E-state index contributed by atoms with van der Waals surface area (Å²) < 4.78 is 12.2. The molecule has 0 fully saturated rings. The van der Waals surface area contributed by atoms with Crippen LogP contribution in [0.25, 0.3) is 11.4 Å². The largest absolute Gasteiger partial charge is 0.330 e. The third-order valence-electron chi connectivity index (χ3n) is 2.91. The zero-order chi connectivity index (χ0) is 13.3. The minimum absolute atomic E-state index is 0.463. The first-order valence-corrected chi connectivity index (χ1v) is 5.72. The van der Waals surface area contributed by atoms with Crippen molar-refractivity contribution in [3.8, 4) is 11.4 Å². The molecule has 0 unspecified atom stereocenters. The number of nitrogens with zero attached hydrogens (tertiary/aromatic N) is 4. The van der Waals surface area contributed by atoms with Crippen molar-refractivity contribution in [3.63, 3.8) is 0 Å². The van der Waals surface area contributed by atoms with Crippen LogP contribution in [-0.2, 0) is 15.4 Å². The summed E-state index contributed by atoms with van der Waals surface area (Å²) in [5, 5.41) is 8.39. The van der Waals surface area contributed by atoms with Gasteiger partial charge in [0.15, 0.2) is 5.82 Å². The molecule has 3 rings (SSSR count). The first kappa shape index (κ1) is 11.8. The summed E-state index contributed by atoms with van der Waals surface area (Å²) in [6.45, 7) is 0. The normalized spacial score (nSPS) is 15.9. The number of hydrogen-bond acceptors (Lipinski definition) is 6. The summed E-state index contributed by atoms with van der Waals surface area (Å²) in [5.74, 6) is -0.127. The van der Waals surface area contributed by atoms with Crippen molar-refractivity contribution in [2.24, 2.45) is 5.10 Å². The molecule has 0 aliphatic carbocycles. The lowest BCUT2D eigenvalue weighted by molar-refractivity contribution is -0.215. The van der Waals surface area contributed by atoms with Gasteiger partial charge >= 0.3 is 5.91 Å². The summed E-state index contributed by atoms with van der Waals surface area (Å²) in [6, 6.07) is 9.67. The first-order chi connectivity index (χ1) is 9.29.